The van der Waals surface area contributed by atoms with Crippen molar-refractivity contribution in [2.45, 2.75) is 6.54 Å². The van der Waals surface area contributed by atoms with Crippen molar-refractivity contribution < 1.29 is 9.13 Å². The van der Waals surface area contributed by atoms with Crippen molar-refractivity contribution in [3.8, 4) is 22.7 Å². The van der Waals surface area contributed by atoms with Crippen molar-refractivity contribution in [1.29, 1.82) is 0 Å². The molecule has 0 aliphatic carbocycles. The number of nitrogens with one attached hydrogen (secondary N) is 1. The molecule has 0 saturated heterocycles. The van der Waals surface area contributed by atoms with Crippen LogP contribution in [0.1, 0.15) is 5.56 Å². The van der Waals surface area contributed by atoms with Gasteiger partial charge in [0.2, 0.25) is 0 Å². The van der Waals surface area contributed by atoms with E-state index in [2.05, 4.69) is 5.32 Å². The van der Waals surface area contributed by atoms with Crippen LogP contribution in [0.5, 0.6) is 5.75 Å². The fourth-order valence-electron chi connectivity index (χ4n) is 3.05. The summed E-state index contributed by atoms with van der Waals surface area (Å²) in [6, 6.07) is 22.3. The predicted molar refractivity (Wildman–Crippen MR) is 114 cm³/mol. The Morgan fingerprint density at radius 1 is 1.03 bits per heavy atom. The van der Waals surface area contributed by atoms with Gasteiger partial charge in [0.25, 0.3) is 0 Å². The van der Waals surface area contributed by atoms with Crippen molar-refractivity contribution in [2.24, 2.45) is 0 Å². The van der Waals surface area contributed by atoms with Crippen LogP contribution >= 0.6 is 11.6 Å². The van der Waals surface area contributed by atoms with Crippen molar-refractivity contribution >= 4 is 17.3 Å². The van der Waals surface area contributed by atoms with Gasteiger partial charge in [-0.25, -0.2) is 9.07 Å². The highest BCUT2D eigenvalue weighted by Gasteiger charge is 2.13. The molecule has 1 aromatic heterocycles. The van der Waals surface area contributed by atoms with E-state index in [9.17, 15) is 4.39 Å². The molecule has 0 bridgehead atoms. The van der Waals surface area contributed by atoms with Gasteiger partial charge in [-0.05, 0) is 54.6 Å². The lowest BCUT2D eigenvalue weighted by molar-refractivity contribution is 0.415. The molecule has 0 aliphatic rings. The Bertz CT molecular complexity index is 1110. The minimum Gasteiger partial charge on any atom is -0.497 e. The van der Waals surface area contributed by atoms with Gasteiger partial charge in [0.1, 0.15) is 11.6 Å². The maximum absolute atomic E-state index is 13.4. The lowest BCUT2D eigenvalue weighted by atomic mass is 10.1. The van der Waals surface area contributed by atoms with Gasteiger partial charge < -0.3 is 10.1 Å². The average Bonchev–Trinajstić information content (AvgIpc) is 3.19. The summed E-state index contributed by atoms with van der Waals surface area (Å²) < 4.78 is 20.5. The molecule has 3 aromatic carbocycles. The van der Waals surface area contributed by atoms with Crippen molar-refractivity contribution in [3.05, 3.63) is 95.4 Å². The number of halogens is 2. The van der Waals surface area contributed by atoms with Gasteiger partial charge in [-0.2, -0.15) is 5.10 Å². The summed E-state index contributed by atoms with van der Waals surface area (Å²) in [5.74, 6) is 0.352. The monoisotopic (exact) mass is 407 g/mol. The Morgan fingerprint density at radius 2 is 1.79 bits per heavy atom. The normalized spacial score (nSPS) is 10.7. The summed E-state index contributed by atoms with van der Waals surface area (Å²) in [5, 5.41) is 8.19. The van der Waals surface area contributed by atoms with Crippen LogP contribution < -0.4 is 10.1 Å². The first-order chi connectivity index (χ1) is 14.1. The molecule has 4 rings (SSSR count). The fraction of sp³-hybridized carbons (Fsp3) is 0.0870. The summed E-state index contributed by atoms with van der Waals surface area (Å²) in [4.78, 5) is 0. The van der Waals surface area contributed by atoms with Crippen LogP contribution in [0.15, 0.2) is 79.0 Å². The van der Waals surface area contributed by atoms with Crippen LogP contribution in [-0.2, 0) is 6.54 Å². The number of rotatable bonds is 6. The number of aromatic nitrogens is 2. The van der Waals surface area contributed by atoms with Gasteiger partial charge in [-0.15, -0.1) is 0 Å². The highest BCUT2D eigenvalue weighted by atomic mass is 35.5. The molecule has 0 unspecified atom stereocenters. The van der Waals surface area contributed by atoms with Gasteiger partial charge >= 0.3 is 0 Å². The molecule has 0 spiro atoms. The van der Waals surface area contributed by atoms with Crippen LogP contribution in [0.25, 0.3) is 16.9 Å². The first kappa shape index (κ1) is 19.0. The molecule has 0 atom stereocenters. The first-order valence-electron chi connectivity index (χ1n) is 9.11. The van der Waals surface area contributed by atoms with E-state index in [-0.39, 0.29) is 5.02 Å². The van der Waals surface area contributed by atoms with Crippen LogP contribution in [0.4, 0.5) is 10.1 Å². The minimum absolute atomic E-state index is 0.0883. The molecule has 1 heterocycles. The molecule has 0 aliphatic heterocycles. The lowest BCUT2D eigenvalue weighted by Crippen LogP contribution is -2.00. The quantitative estimate of drug-likeness (QED) is 0.429. The number of benzene rings is 3. The van der Waals surface area contributed by atoms with Gasteiger partial charge in [0.05, 0.1) is 23.5 Å². The second-order valence-electron chi connectivity index (χ2n) is 6.49. The molecule has 0 radical (unpaired) electrons. The average molecular weight is 408 g/mol. The Morgan fingerprint density at radius 3 is 2.48 bits per heavy atom. The summed E-state index contributed by atoms with van der Waals surface area (Å²) in [7, 11) is 1.64. The lowest BCUT2D eigenvalue weighted by Gasteiger charge is -2.08. The van der Waals surface area contributed by atoms with Gasteiger partial charge in [-0.3, -0.25) is 0 Å². The van der Waals surface area contributed by atoms with E-state index < -0.39 is 5.82 Å². The van der Waals surface area contributed by atoms with E-state index >= 15 is 0 Å². The summed E-state index contributed by atoms with van der Waals surface area (Å²) >= 11 is 5.89. The number of hydrogen-bond acceptors (Lipinski definition) is 3. The molecule has 0 saturated carbocycles. The molecule has 0 fully saturated rings. The third-order valence-corrected chi connectivity index (χ3v) is 4.87. The third kappa shape index (κ3) is 4.25. The Balaban J connectivity index is 1.68. The molecule has 0 amide bonds. The topological polar surface area (TPSA) is 39.1 Å². The molecule has 4 nitrogen and oxygen atoms in total. The van der Waals surface area contributed by atoms with Crippen LogP contribution in [0.3, 0.4) is 0 Å². The highest BCUT2D eigenvalue weighted by molar-refractivity contribution is 6.31. The Kier molecular flexibility index (Phi) is 5.49. The summed E-state index contributed by atoms with van der Waals surface area (Å²) in [6.07, 6.45) is 1.99. The zero-order valence-electron chi connectivity index (χ0n) is 15.8. The fourth-order valence-corrected chi connectivity index (χ4v) is 3.23. The van der Waals surface area contributed by atoms with Crippen molar-refractivity contribution in [2.75, 3.05) is 12.4 Å². The third-order valence-electron chi connectivity index (χ3n) is 4.58. The summed E-state index contributed by atoms with van der Waals surface area (Å²) in [5.41, 5.74) is 4.55. The van der Waals surface area contributed by atoms with Crippen molar-refractivity contribution in [3.63, 3.8) is 0 Å². The summed E-state index contributed by atoms with van der Waals surface area (Å²) in [6.45, 7) is 0.510. The van der Waals surface area contributed by atoms with E-state index in [1.807, 2.05) is 65.5 Å². The van der Waals surface area contributed by atoms with Crippen LogP contribution in [-0.4, -0.2) is 16.9 Å². The van der Waals surface area contributed by atoms with Crippen molar-refractivity contribution in [1.82, 2.24) is 9.78 Å². The van der Waals surface area contributed by atoms with E-state index in [0.717, 1.165) is 33.9 Å². The Labute approximate surface area is 173 Å². The molecule has 29 heavy (non-hydrogen) atoms. The van der Waals surface area contributed by atoms with E-state index in [4.69, 9.17) is 21.4 Å². The zero-order valence-corrected chi connectivity index (χ0v) is 16.5. The molecular weight excluding hydrogens is 389 g/mol. The molecule has 6 heteroatoms. The largest absolute Gasteiger partial charge is 0.497 e. The predicted octanol–water partition coefficient (Wildman–Crippen LogP) is 5.95. The number of anilines is 1. The number of methoxy groups -OCH3 is 1. The first-order valence-corrected chi connectivity index (χ1v) is 9.49. The second-order valence-corrected chi connectivity index (χ2v) is 6.90. The molecule has 146 valence electrons. The maximum Gasteiger partial charge on any atom is 0.141 e. The molecular formula is C23H19ClFN3O. The molecule has 1 N–H and O–H groups in total. The standard InChI is InChI=1S/C23H19ClFN3O/c1-29-20-10-7-16(8-11-20)23-17(14-26-18-9-12-22(25)21(24)13-18)15-28(27-23)19-5-3-2-4-6-19/h2-13,15,26H,14H2,1H3. The maximum atomic E-state index is 13.4. The molecule has 4 aromatic rings. The number of ether oxygens (including phenoxy) is 1. The van der Waals surface area contributed by atoms with Crippen LogP contribution in [0, 0.1) is 5.82 Å². The van der Waals surface area contributed by atoms with E-state index in [1.165, 1.54) is 6.07 Å². The SMILES string of the molecule is COc1ccc(-c2nn(-c3ccccc3)cc2CNc2ccc(F)c(Cl)c2)cc1. The number of hydrogen-bond donors (Lipinski definition) is 1. The van der Waals surface area contributed by atoms with Gasteiger partial charge in [-0.1, -0.05) is 29.8 Å². The highest BCUT2D eigenvalue weighted by Crippen LogP contribution is 2.27. The second kappa shape index (κ2) is 8.37. The smallest absolute Gasteiger partial charge is 0.141 e. The zero-order chi connectivity index (χ0) is 20.2. The Hall–Kier alpha value is -3.31. The van der Waals surface area contributed by atoms with Gasteiger partial charge in [0, 0.05) is 29.6 Å². The number of nitrogens with zero attached hydrogens (tertiary/aromatic N) is 2. The van der Waals surface area contributed by atoms with E-state index in [1.54, 1.807) is 19.2 Å². The number of para-hydroxylation sites is 1. The van der Waals surface area contributed by atoms with E-state index in [0.29, 0.717) is 6.54 Å². The minimum atomic E-state index is -0.437. The van der Waals surface area contributed by atoms with Crippen LogP contribution in [0.2, 0.25) is 5.02 Å². The van der Waals surface area contributed by atoms with Gasteiger partial charge in [0.15, 0.2) is 0 Å².